The van der Waals surface area contributed by atoms with Crippen molar-refractivity contribution >= 4 is 11.8 Å². The third-order valence-electron chi connectivity index (χ3n) is 2.50. The second-order valence-electron chi connectivity index (χ2n) is 4.21. The fourth-order valence-corrected chi connectivity index (χ4v) is 1.51. The van der Waals surface area contributed by atoms with Gasteiger partial charge in [0.25, 0.3) is 0 Å². The molecule has 0 aliphatic carbocycles. The largest absolute Gasteiger partial charge is 0.356 e. The molecule has 7 heteroatoms. The van der Waals surface area contributed by atoms with Gasteiger partial charge in [-0.05, 0) is 12.8 Å². The van der Waals surface area contributed by atoms with Crippen LogP contribution in [0, 0.1) is 0 Å². The normalized spacial score (nSPS) is 10.2. The highest BCUT2D eigenvalue weighted by molar-refractivity contribution is 5.78. The topological polar surface area (TPSA) is 88.9 Å². The van der Waals surface area contributed by atoms with Crippen molar-refractivity contribution in [3.8, 4) is 0 Å². The lowest BCUT2D eigenvalue weighted by atomic mass is 10.3. The quantitative estimate of drug-likeness (QED) is 0.663. The molecule has 0 spiro atoms. The van der Waals surface area contributed by atoms with Crippen molar-refractivity contribution < 1.29 is 9.59 Å². The van der Waals surface area contributed by atoms with Crippen LogP contribution in [-0.4, -0.2) is 39.7 Å². The van der Waals surface area contributed by atoms with Gasteiger partial charge in [-0.3, -0.25) is 14.3 Å². The third kappa shape index (κ3) is 7.17. The first kappa shape index (κ1) is 15.1. The first-order valence-electron chi connectivity index (χ1n) is 6.58. The van der Waals surface area contributed by atoms with Crippen molar-refractivity contribution in [3.05, 3.63) is 12.7 Å². The second kappa shape index (κ2) is 9.07. The summed E-state index contributed by atoms with van der Waals surface area (Å²) in [6, 6.07) is 0. The van der Waals surface area contributed by atoms with Gasteiger partial charge >= 0.3 is 0 Å². The zero-order chi connectivity index (χ0) is 13.9. The Kier molecular flexibility index (Phi) is 7.23. The summed E-state index contributed by atoms with van der Waals surface area (Å²) in [5, 5.41) is 9.43. The number of amides is 2. The maximum atomic E-state index is 11.5. The monoisotopic (exact) mass is 267 g/mol. The van der Waals surface area contributed by atoms with E-state index in [1.165, 1.54) is 6.33 Å². The molecule has 19 heavy (non-hydrogen) atoms. The fourth-order valence-electron chi connectivity index (χ4n) is 1.51. The number of aryl methyl sites for hydroxylation is 1. The van der Waals surface area contributed by atoms with Crippen LogP contribution >= 0.6 is 0 Å². The molecule has 0 aliphatic rings. The molecule has 1 heterocycles. The molecule has 106 valence electrons. The number of carbonyl (C=O) groups is 2. The number of nitrogens with zero attached hydrogens (tertiary/aromatic N) is 3. The Hall–Kier alpha value is -1.92. The van der Waals surface area contributed by atoms with E-state index in [2.05, 4.69) is 20.7 Å². The zero-order valence-electron chi connectivity index (χ0n) is 11.3. The van der Waals surface area contributed by atoms with Crippen LogP contribution in [0.3, 0.4) is 0 Å². The smallest absolute Gasteiger partial charge is 0.221 e. The van der Waals surface area contributed by atoms with Gasteiger partial charge in [-0.2, -0.15) is 5.10 Å². The molecule has 2 amide bonds. The van der Waals surface area contributed by atoms with Gasteiger partial charge in [0.15, 0.2) is 0 Å². The Labute approximate surface area is 112 Å². The van der Waals surface area contributed by atoms with Crippen LogP contribution in [-0.2, 0) is 16.1 Å². The maximum Gasteiger partial charge on any atom is 0.221 e. The highest BCUT2D eigenvalue weighted by Gasteiger charge is 2.03. The van der Waals surface area contributed by atoms with Gasteiger partial charge < -0.3 is 10.6 Å². The molecule has 0 fully saturated rings. The molecule has 0 radical (unpaired) electrons. The molecule has 0 atom stereocenters. The Morgan fingerprint density at radius 1 is 1.16 bits per heavy atom. The number of rotatable bonds is 9. The highest BCUT2D eigenvalue weighted by Crippen LogP contribution is 1.93. The number of nitrogens with one attached hydrogen (secondary N) is 2. The minimum absolute atomic E-state index is 0.0234. The molecule has 0 aromatic carbocycles. The molecule has 0 unspecified atom stereocenters. The summed E-state index contributed by atoms with van der Waals surface area (Å²) < 4.78 is 1.69. The zero-order valence-corrected chi connectivity index (χ0v) is 11.3. The van der Waals surface area contributed by atoms with Crippen LogP contribution in [0.1, 0.15) is 32.6 Å². The average Bonchev–Trinajstić information content (AvgIpc) is 2.89. The number of aromatic nitrogens is 3. The predicted molar refractivity (Wildman–Crippen MR) is 70.2 cm³/mol. The van der Waals surface area contributed by atoms with Crippen LogP contribution in [0.15, 0.2) is 12.7 Å². The molecule has 0 saturated heterocycles. The summed E-state index contributed by atoms with van der Waals surface area (Å²) in [6.07, 6.45) is 5.47. The summed E-state index contributed by atoms with van der Waals surface area (Å²) in [5.74, 6) is -0.0619. The number of hydrogen-bond acceptors (Lipinski definition) is 4. The first-order chi connectivity index (χ1) is 9.22. The number of carbonyl (C=O) groups excluding carboxylic acids is 2. The molecule has 7 nitrogen and oxygen atoms in total. The average molecular weight is 267 g/mol. The Bertz CT molecular complexity index is 377. The van der Waals surface area contributed by atoms with Crippen molar-refractivity contribution in [3.63, 3.8) is 0 Å². The van der Waals surface area contributed by atoms with Crippen molar-refractivity contribution in [2.24, 2.45) is 0 Å². The lowest BCUT2D eigenvalue weighted by molar-refractivity contribution is -0.122. The fraction of sp³-hybridized carbons (Fsp3) is 0.667. The SMILES string of the molecule is CCCNC(=O)CCNC(=O)CCCn1cncn1. The molecule has 1 aromatic heterocycles. The Morgan fingerprint density at radius 3 is 2.58 bits per heavy atom. The Morgan fingerprint density at radius 2 is 1.89 bits per heavy atom. The van der Waals surface area contributed by atoms with Crippen molar-refractivity contribution in [1.82, 2.24) is 25.4 Å². The van der Waals surface area contributed by atoms with E-state index in [0.29, 0.717) is 38.9 Å². The molecule has 0 saturated carbocycles. The van der Waals surface area contributed by atoms with Crippen LogP contribution in [0.25, 0.3) is 0 Å². The standard InChI is InChI=1S/C12H21N5O2/c1-2-6-14-12(19)5-7-15-11(18)4-3-8-17-10-13-9-16-17/h9-10H,2-8H2,1H3,(H,14,19)(H,15,18). The van der Waals surface area contributed by atoms with Gasteiger partial charge in [0.1, 0.15) is 12.7 Å². The number of hydrogen-bond donors (Lipinski definition) is 2. The van der Waals surface area contributed by atoms with E-state index in [9.17, 15) is 9.59 Å². The van der Waals surface area contributed by atoms with Gasteiger partial charge in [0.2, 0.25) is 11.8 Å². The van der Waals surface area contributed by atoms with Crippen LogP contribution in [0.5, 0.6) is 0 Å². The van der Waals surface area contributed by atoms with Crippen LogP contribution < -0.4 is 10.6 Å². The van der Waals surface area contributed by atoms with E-state index < -0.39 is 0 Å². The molecule has 0 aliphatic heterocycles. The minimum atomic E-state index is -0.0385. The first-order valence-corrected chi connectivity index (χ1v) is 6.58. The molecule has 2 N–H and O–H groups in total. The predicted octanol–water partition coefficient (Wildman–Crippen LogP) is 0.0908. The summed E-state index contributed by atoms with van der Waals surface area (Å²) in [4.78, 5) is 26.6. The van der Waals surface area contributed by atoms with Gasteiger partial charge in [0, 0.05) is 32.5 Å². The van der Waals surface area contributed by atoms with Crippen molar-refractivity contribution in [2.45, 2.75) is 39.2 Å². The van der Waals surface area contributed by atoms with Crippen LogP contribution in [0.2, 0.25) is 0 Å². The van der Waals surface area contributed by atoms with Gasteiger partial charge in [-0.25, -0.2) is 4.98 Å². The highest BCUT2D eigenvalue weighted by atomic mass is 16.2. The van der Waals surface area contributed by atoms with E-state index >= 15 is 0 Å². The minimum Gasteiger partial charge on any atom is -0.356 e. The summed E-state index contributed by atoms with van der Waals surface area (Å²) in [7, 11) is 0. The van der Waals surface area contributed by atoms with Crippen molar-refractivity contribution in [1.29, 1.82) is 0 Å². The second-order valence-corrected chi connectivity index (χ2v) is 4.21. The van der Waals surface area contributed by atoms with Crippen molar-refractivity contribution in [2.75, 3.05) is 13.1 Å². The third-order valence-corrected chi connectivity index (χ3v) is 2.50. The van der Waals surface area contributed by atoms with E-state index in [1.54, 1.807) is 11.0 Å². The lowest BCUT2D eigenvalue weighted by Gasteiger charge is -2.06. The molecule has 1 aromatic rings. The maximum absolute atomic E-state index is 11.5. The van der Waals surface area contributed by atoms with E-state index in [0.717, 1.165) is 6.42 Å². The summed E-state index contributed by atoms with van der Waals surface area (Å²) >= 11 is 0. The molecular weight excluding hydrogens is 246 g/mol. The summed E-state index contributed by atoms with van der Waals surface area (Å²) in [6.45, 7) is 3.74. The lowest BCUT2D eigenvalue weighted by Crippen LogP contribution is -2.31. The molecular formula is C12H21N5O2. The molecule has 0 bridgehead atoms. The van der Waals surface area contributed by atoms with E-state index in [-0.39, 0.29) is 11.8 Å². The van der Waals surface area contributed by atoms with Gasteiger partial charge in [0.05, 0.1) is 0 Å². The van der Waals surface area contributed by atoms with E-state index in [4.69, 9.17) is 0 Å². The van der Waals surface area contributed by atoms with E-state index in [1.807, 2.05) is 6.92 Å². The Balaban J connectivity index is 2.00. The van der Waals surface area contributed by atoms with Crippen LogP contribution in [0.4, 0.5) is 0 Å². The van der Waals surface area contributed by atoms with Gasteiger partial charge in [-0.15, -0.1) is 0 Å². The molecule has 1 rings (SSSR count). The van der Waals surface area contributed by atoms with Gasteiger partial charge in [-0.1, -0.05) is 6.92 Å². The summed E-state index contributed by atoms with van der Waals surface area (Å²) in [5.41, 5.74) is 0.